The molecule has 0 heterocycles. The Labute approximate surface area is 63.5 Å². The van der Waals surface area contributed by atoms with E-state index in [-0.39, 0.29) is 5.41 Å². The summed E-state index contributed by atoms with van der Waals surface area (Å²) in [5.74, 6) is 0. The summed E-state index contributed by atoms with van der Waals surface area (Å²) in [7, 11) is 1.72. The van der Waals surface area contributed by atoms with Gasteiger partial charge in [-0.05, 0) is 6.92 Å². The highest BCUT2D eigenvalue weighted by Gasteiger charge is 2.16. The number of ether oxygens (including phenoxy) is 2. The third kappa shape index (κ3) is 4.77. The van der Waals surface area contributed by atoms with Crippen molar-refractivity contribution in [2.75, 3.05) is 26.9 Å². The molecule has 0 aliphatic heterocycles. The van der Waals surface area contributed by atoms with Gasteiger partial charge in [-0.1, -0.05) is 13.8 Å². The predicted molar refractivity (Wildman–Crippen MR) is 42.2 cm³/mol. The summed E-state index contributed by atoms with van der Waals surface area (Å²) in [5.41, 5.74) is 0.157. The Bertz CT molecular complexity index is 79.3. The SMILES string of the molecule is CCOCC(C)(C)COC. The van der Waals surface area contributed by atoms with E-state index in [1.54, 1.807) is 7.11 Å². The molecule has 10 heavy (non-hydrogen) atoms. The molecule has 0 aliphatic rings. The second-order valence-corrected chi connectivity index (χ2v) is 3.23. The summed E-state index contributed by atoms with van der Waals surface area (Å²) in [4.78, 5) is 0. The Kier molecular flexibility index (Phi) is 4.65. The van der Waals surface area contributed by atoms with E-state index >= 15 is 0 Å². The fourth-order valence-corrected chi connectivity index (χ4v) is 0.811. The Morgan fingerprint density at radius 2 is 1.80 bits per heavy atom. The first-order valence-corrected chi connectivity index (χ1v) is 3.69. The van der Waals surface area contributed by atoms with Crippen molar-refractivity contribution in [1.82, 2.24) is 0 Å². The van der Waals surface area contributed by atoms with Crippen molar-refractivity contribution >= 4 is 0 Å². The van der Waals surface area contributed by atoms with Gasteiger partial charge in [-0.25, -0.2) is 0 Å². The molecule has 62 valence electrons. The molecule has 0 radical (unpaired) electrons. The zero-order valence-corrected chi connectivity index (χ0v) is 7.44. The molecular weight excluding hydrogens is 128 g/mol. The van der Waals surface area contributed by atoms with Crippen molar-refractivity contribution in [2.24, 2.45) is 5.41 Å². The third-order valence-electron chi connectivity index (χ3n) is 1.23. The van der Waals surface area contributed by atoms with Gasteiger partial charge >= 0.3 is 0 Å². The summed E-state index contributed by atoms with van der Waals surface area (Å²) >= 11 is 0. The Balaban J connectivity index is 3.42. The van der Waals surface area contributed by atoms with Crippen molar-refractivity contribution in [3.05, 3.63) is 0 Å². The molecule has 0 N–H and O–H groups in total. The second kappa shape index (κ2) is 4.69. The van der Waals surface area contributed by atoms with Crippen molar-refractivity contribution in [3.63, 3.8) is 0 Å². The number of hydrogen-bond donors (Lipinski definition) is 0. The van der Waals surface area contributed by atoms with E-state index in [1.807, 2.05) is 6.92 Å². The van der Waals surface area contributed by atoms with Gasteiger partial charge < -0.3 is 9.47 Å². The normalized spacial score (nSPS) is 12.0. The van der Waals surface area contributed by atoms with E-state index < -0.39 is 0 Å². The average molecular weight is 146 g/mol. The molecule has 0 aromatic rings. The van der Waals surface area contributed by atoms with Crippen LogP contribution in [0.2, 0.25) is 0 Å². The molecule has 0 rings (SSSR count). The van der Waals surface area contributed by atoms with E-state index in [2.05, 4.69) is 13.8 Å². The van der Waals surface area contributed by atoms with Crippen LogP contribution in [0.25, 0.3) is 0 Å². The lowest BCUT2D eigenvalue weighted by atomic mass is 9.96. The van der Waals surface area contributed by atoms with E-state index in [1.165, 1.54) is 0 Å². The lowest BCUT2D eigenvalue weighted by Gasteiger charge is -2.22. The van der Waals surface area contributed by atoms with Gasteiger partial charge in [-0.3, -0.25) is 0 Å². The monoisotopic (exact) mass is 146 g/mol. The van der Waals surface area contributed by atoms with Gasteiger partial charge in [-0.2, -0.15) is 0 Å². The molecule has 0 aliphatic carbocycles. The third-order valence-corrected chi connectivity index (χ3v) is 1.23. The lowest BCUT2D eigenvalue weighted by molar-refractivity contribution is 0.0173. The second-order valence-electron chi connectivity index (χ2n) is 3.23. The van der Waals surface area contributed by atoms with Crippen molar-refractivity contribution in [1.29, 1.82) is 0 Å². The first kappa shape index (κ1) is 9.92. The average Bonchev–Trinajstić information content (AvgIpc) is 1.84. The molecule has 0 unspecified atom stereocenters. The summed E-state index contributed by atoms with van der Waals surface area (Å²) in [6.45, 7) is 8.58. The summed E-state index contributed by atoms with van der Waals surface area (Å²) in [6.07, 6.45) is 0. The van der Waals surface area contributed by atoms with E-state index in [4.69, 9.17) is 9.47 Å². The quantitative estimate of drug-likeness (QED) is 0.587. The predicted octanol–water partition coefficient (Wildman–Crippen LogP) is 1.70. The van der Waals surface area contributed by atoms with E-state index in [0.29, 0.717) is 0 Å². The van der Waals surface area contributed by atoms with E-state index in [0.717, 1.165) is 19.8 Å². The van der Waals surface area contributed by atoms with Crippen LogP contribution in [0, 0.1) is 5.41 Å². The lowest BCUT2D eigenvalue weighted by Crippen LogP contribution is -2.24. The van der Waals surface area contributed by atoms with Crippen molar-refractivity contribution < 1.29 is 9.47 Å². The van der Waals surface area contributed by atoms with Crippen LogP contribution in [0.1, 0.15) is 20.8 Å². The minimum atomic E-state index is 0.157. The van der Waals surface area contributed by atoms with Gasteiger partial charge in [0.25, 0.3) is 0 Å². The molecule has 2 nitrogen and oxygen atoms in total. The summed E-state index contributed by atoms with van der Waals surface area (Å²) in [6, 6.07) is 0. The molecule has 0 aromatic carbocycles. The first-order chi connectivity index (χ1) is 4.62. The standard InChI is InChI=1S/C8H18O2/c1-5-10-7-8(2,3)6-9-4/h5-7H2,1-4H3. The minimum Gasteiger partial charge on any atom is -0.384 e. The Morgan fingerprint density at radius 1 is 1.20 bits per heavy atom. The fourth-order valence-electron chi connectivity index (χ4n) is 0.811. The smallest absolute Gasteiger partial charge is 0.0539 e. The van der Waals surface area contributed by atoms with Gasteiger partial charge in [0.1, 0.15) is 0 Å². The number of hydrogen-bond acceptors (Lipinski definition) is 2. The maximum Gasteiger partial charge on any atom is 0.0539 e. The zero-order chi connectivity index (χ0) is 8.04. The topological polar surface area (TPSA) is 18.5 Å². The molecule has 0 amide bonds. The molecule has 0 aromatic heterocycles. The molecule has 2 heteroatoms. The number of rotatable bonds is 5. The first-order valence-electron chi connectivity index (χ1n) is 3.69. The van der Waals surface area contributed by atoms with Crippen LogP contribution in [-0.4, -0.2) is 26.9 Å². The molecule has 0 fully saturated rings. The maximum absolute atomic E-state index is 5.27. The molecule has 0 saturated heterocycles. The summed E-state index contributed by atoms with van der Waals surface area (Å²) < 4.78 is 10.3. The molecule has 0 atom stereocenters. The van der Waals surface area contributed by atoms with Gasteiger partial charge in [-0.15, -0.1) is 0 Å². The highest BCUT2D eigenvalue weighted by molar-refractivity contribution is 4.65. The van der Waals surface area contributed by atoms with Crippen LogP contribution >= 0.6 is 0 Å². The zero-order valence-electron chi connectivity index (χ0n) is 7.44. The van der Waals surface area contributed by atoms with Gasteiger partial charge in [0.15, 0.2) is 0 Å². The molecule has 0 saturated carbocycles. The Morgan fingerprint density at radius 3 is 2.20 bits per heavy atom. The van der Waals surface area contributed by atoms with Crippen LogP contribution in [0.3, 0.4) is 0 Å². The number of methoxy groups -OCH3 is 1. The summed E-state index contributed by atoms with van der Waals surface area (Å²) in [5, 5.41) is 0. The van der Waals surface area contributed by atoms with Crippen LogP contribution in [0.5, 0.6) is 0 Å². The van der Waals surface area contributed by atoms with Crippen molar-refractivity contribution in [2.45, 2.75) is 20.8 Å². The van der Waals surface area contributed by atoms with Gasteiger partial charge in [0.05, 0.1) is 13.2 Å². The fraction of sp³-hybridized carbons (Fsp3) is 1.00. The van der Waals surface area contributed by atoms with Crippen LogP contribution in [0.4, 0.5) is 0 Å². The Hall–Kier alpha value is -0.0800. The maximum atomic E-state index is 5.27. The largest absolute Gasteiger partial charge is 0.384 e. The van der Waals surface area contributed by atoms with E-state index in [9.17, 15) is 0 Å². The molecule has 0 spiro atoms. The molecular formula is C8H18O2. The highest BCUT2D eigenvalue weighted by Crippen LogP contribution is 2.14. The minimum absolute atomic E-state index is 0.157. The van der Waals surface area contributed by atoms with Crippen LogP contribution in [0.15, 0.2) is 0 Å². The van der Waals surface area contributed by atoms with Crippen LogP contribution in [-0.2, 0) is 9.47 Å². The van der Waals surface area contributed by atoms with Gasteiger partial charge in [0.2, 0.25) is 0 Å². The molecule has 0 bridgehead atoms. The van der Waals surface area contributed by atoms with Crippen molar-refractivity contribution in [3.8, 4) is 0 Å². The van der Waals surface area contributed by atoms with Crippen LogP contribution < -0.4 is 0 Å². The highest BCUT2D eigenvalue weighted by atomic mass is 16.5. The van der Waals surface area contributed by atoms with Gasteiger partial charge in [0, 0.05) is 19.1 Å².